The zero-order valence-corrected chi connectivity index (χ0v) is 25.7. The Morgan fingerprint density at radius 1 is 1.14 bits per heavy atom. The van der Waals surface area contributed by atoms with E-state index in [4.69, 9.17) is 0 Å². The van der Waals surface area contributed by atoms with E-state index in [1.807, 2.05) is 54.9 Å². The van der Waals surface area contributed by atoms with Crippen LogP contribution in [0.25, 0.3) is 22.3 Å². The summed E-state index contributed by atoms with van der Waals surface area (Å²) in [7, 11) is 0. The molecule has 1 aromatic carbocycles. The number of fused-ring (bicyclic) bond motifs is 3. The fourth-order valence-corrected chi connectivity index (χ4v) is 5.25. The van der Waals surface area contributed by atoms with Crippen molar-refractivity contribution in [1.29, 1.82) is 0 Å². The highest BCUT2D eigenvalue weighted by molar-refractivity contribution is 6.04. The zero-order chi connectivity index (χ0) is 31.3. The fourth-order valence-electron chi connectivity index (χ4n) is 5.25. The molecule has 6 rings (SSSR count). The second kappa shape index (κ2) is 13.0. The topological polar surface area (TPSA) is 80.8 Å². The summed E-state index contributed by atoms with van der Waals surface area (Å²) >= 11 is 0. The maximum Gasteiger partial charge on any atom is 0.273 e. The Kier molecular flexibility index (Phi) is 8.91. The van der Waals surface area contributed by atoms with Gasteiger partial charge in [-0.25, -0.2) is 4.98 Å². The number of amides is 1. The first-order valence-corrected chi connectivity index (χ1v) is 14.9. The Bertz CT molecular complexity index is 1970. The van der Waals surface area contributed by atoms with Crippen LogP contribution in [0, 0.1) is 24.2 Å². The minimum Gasteiger partial charge on any atom is -0.315 e. The Morgan fingerprint density at radius 3 is 2.50 bits per heavy atom. The number of benzene rings is 1. The van der Waals surface area contributed by atoms with Crippen LogP contribution in [0.2, 0.25) is 0 Å². The fraction of sp³-hybridized carbons (Fsp3) is 0.243. The van der Waals surface area contributed by atoms with E-state index in [-0.39, 0.29) is 24.2 Å². The molecule has 1 atom stereocenters. The standard InChI is InChI=1S/C30H29N5O2.C7H8.H2/c1-4-6-9-21(5-2)25-19-24(28-29-33-27(36)18-20(3)34(29)16-17-35(25)28)22-11-13-23(14-12-22)30(37)32-26-10-7-8-15-31-26;1-3-4-7(2)5-6-7;/h5,7-8,10-19,21H,2,4,6,9H2,1,3H3,(H,31,32,37);5-6H,1-2H3;1H/t21-;;/m0../s1. The van der Waals surface area contributed by atoms with Crippen molar-refractivity contribution in [2.75, 3.05) is 5.32 Å². The third-order valence-corrected chi connectivity index (χ3v) is 7.76. The summed E-state index contributed by atoms with van der Waals surface area (Å²) in [6.07, 6.45) is 15.0. The highest BCUT2D eigenvalue weighted by Gasteiger charge is 2.24. The average Bonchev–Trinajstić information content (AvgIpc) is 3.63. The first-order valence-electron chi connectivity index (χ1n) is 14.9. The molecule has 1 amide bonds. The SMILES string of the molecule is C=C[C@@H](CCCC)c1cc(-c2ccc(C(=O)Nc3ccccn3)cc2)c2c3nc(=O)cc(C)n3ccn12.CC#CC1(C)C=C1.[HH]. The number of allylic oxidation sites excluding steroid dienone is 3. The third-order valence-electron chi connectivity index (χ3n) is 7.76. The van der Waals surface area contributed by atoms with E-state index in [1.54, 1.807) is 30.5 Å². The molecule has 0 saturated carbocycles. The van der Waals surface area contributed by atoms with Crippen molar-refractivity contribution >= 4 is 22.9 Å². The molecule has 0 saturated heterocycles. The average molecular weight is 586 g/mol. The van der Waals surface area contributed by atoms with Crippen molar-refractivity contribution in [2.45, 2.75) is 52.9 Å². The summed E-state index contributed by atoms with van der Waals surface area (Å²) < 4.78 is 4.06. The molecule has 0 spiro atoms. The molecule has 1 aliphatic rings. The number of pyridine rings is 1. The normalized spacial score (nSPS) is 13.4. The maximum atomic E-state index is 12.7. The number of rotatable bonds is 8. The number of anilines is 1. The van der Waals surface area contributed by atoms with Gasteiger partial charge in [-0.2, -0.15) is 4.98 Å². The van der Waals surface area contributed by atoms with Gasteiger partial charge in [-0.15, -0.1) is 12.5 Å². The molecular formula is C37H39N5O2. The Balaban J connectivity index is 0.000000510. The van der Waals surface area contributed by atoms with Gasteiger partial charge in [0.2, 0.25) is 0 Å². The number of unbranched alkanes of at least 4 members (excludes halogenated alkanes) is 1. The van der Waals surface area contributed by atoms with Crippen molar-refractivity contribution in [3.05, 3.63) is 125 Å². The minimum atomic E-state index is -0.271. The van der Waals surface area contributed by atoms with Gasteiger partial charge in [0.1, 0.15) is 5.82 Å². The Hall–Kier alpha value is -5.22. The highest BCUT2D eigenvalue weighted by atomic mass is 16.1. The van der Waals surface area contributed by atoms with E-state index in [2.05, 4.69) is 70.2 Å². The lowest BCUT2D eigenvalue weighted by molar-refractivity contribution is 0.102. The van der Waals surface area contributed by atoms with Crippen LogP contribution in [0.3, 0.4) is 0 Å². The Labute approximate surface area is 259 Å². The van der Waals surface area contributed by atoms with Crippen molar-refractivity contribution < 1.29 is 6.22 Å². The largest absolute Gasteiger partial charge is 0.315 e. The molecule has 0 fully saturated rings. The summed E-state index contributed by atoms with van der Waals surface area (Å²) in [5.41, 5.74) is 5.70. The van der Waals surface area contributed by atoms with Gasteiger partial charge >= 0.3 is 0 Å². The predicted octanol–water partition coefficient (Wildman–Crippen LogP) is 7.86. The van der Waals surface area contributed by atoms with Crippen LogP contribution in [0.4, 0.5) is 5.82 Å². The number of carbonyl (C=O) groups excluding carboxylic acids is 1. The van der Waals surface area contributed by atoms with Crippen LogP contribution < -0.4 is 10.9 Å². The summed E-state index contributed by atoms with van der Waals surface area (Å²) in [6, 6.07) is 16.5. The molecule has 4 aromatic heterocycles. The van der Waals surface area contributed by atoms with Gasteiger partial charge in [0, 0.05) is 54.5 Å². The van der Waals surface area contributed by atoms with Gasteiger partial charge in [-0.3, -0.25) is 9.59 Å². The summed E-state index contributed by atoms with van der Waals surface area (Å²) in [5.74, 6) is 6.32. The van der Waals surface area contributed by atoms with Crippen LogP contribution in [0.5, 0.6) is 0 Å². The molecule has 0 unspecified atom stereocenters. The van der Waals surface area contributed by atoms with Gasteiger partial charge in [-0.1, -0.05) is 62.1 Å². The molecule has 7 heteroatoms. The molecular weight excluding hydrogens is 546 g/mol. The number of nitrogens with one attached hydrogen (secondary N) is 1. The van der Waals surface area contributed by atoms with Gasteiger partial charge in [0.05, 0.1) is 10.9 Å². The zero-order valence-electron chi connectivity index (χ0n) is 25.7. The number of aromatic nitrogens is 4. The molecule has 5 aromatic rings. The third kappa shape index (κ3) is 6.55. The van der Waals surface area contributed by atoms with Crippen LogP contribution >= 0.6 is 0 Å². The molecule has 0 radical (unpaired) electrons. The first-order chi connectivity index (χ1) is 21.3. The van der Waals surface area contributed by atoms with Crippen LogP contribution in [-0.2, 0) is 0 Å². The maximum absolute atomic E-state index is 12.7. The summed E-state index contributed by atoms with van der Waals surface area (Å²) in [4.78, 5) is 33.7. The van der Waals surface area contributed by atoms with E-state index in [0.717, 1.165) is 47.3 Å². The molecule has 0 bridgehead atoms. The van der Waals surface area contributed by atoms with Crippen LogP contribution in [-0.4, -0.2) is 24.7 Å². The lowest BCUT2D eigenvalue weighted by atomic mass is 9.97. The quantitative estimate of drug-likeness (QED) is 0.148. The second-order valence-electron chi connectivity index (χ2n) is 11.2. The molecule has 44 heavy (non-hydrogen) atoms. The number of nitrogens with zero attached hydrogens (tertiary/aromatic N) is 4. The van der Waals surface area contributed by atoms with Gasteiger partial charge in [0.15, 0.2) is 5.65 Å². The number of hydrogen-bond donors (Lipinski definition) is 1. The van der Waals surface area contributed by atoms with Gasteiger partial charge < -0.3 is 14.1 Å². The van der Waals surface area contributed by atoms with Gasteiger partial charge in [0.25, 0.3) is 11.5 Å². The monoisotopic (exact) mass is 585 g/mol. The van der Waals surface area contributed by atoms with E-state index in [0.29, 0.717) is 17.0 Å². The lowest BCUT2D eigenvalue weighted by Gasteiger charge is -2.14. The molecule has 1 aliphatic carbocycles. The number of aryl methyl sites for hydroxylation is 1. The van der Waals surface area contributed by atoms with Crippen molar-refractivity contribution in [2.24, 2.45) is 5.41 Å². The Morgan fingerprint density at radius 2 is 1.89 bits per heavy atom. The van der Waals surface area contributed by atoms with E-state index in [1.165, 1.54) is 6.07 Å². The van der Waals surface area contributed by atoms with Crippen molar-refractivity contribution in [3.8, 4) is 23.0 Å². The number of carbonyl (C=O) groups is 1. The molecule has 7 nitrogen and oxygen atoms in total. The van der Waals surface area contributed by atoms with E-state index >= 15 is 0 Å². The highest BCUT2D eigenvalue weighted by Crippen LogP contribution is 2.35. The van der Waals surface area contributed by atoms with Crippen LogP contribution in [0.1, 0.15) is 69.1 Å². The number of hydrogen-bond acceptors (Lipinski definition) is 4. The smallest absolute Gasteiger partial charge is 0.273 e. The second-order valence-corrected chi connectivity index (χ2v) is 11.2. The van der Waals surface area contributed by atoms with E-state index < -0.39 is 0 Å². The van der Waals surface area contributed by atoms with Crippen LogP contribution in [0.15, 0.2) is 103 Å². The van der Waals surface area contributed by atoms with Crippen molar-refractivity contribution in [1.82, 2.24) is 18.8 Å². The summed E-state index contributed by atoms with van der Waals surface area (Å²) in [5, 5.41) is 2.82. The van der Waals surface area contributed by atoms with Gasteiger partial charge in [-0.05, 0) is 63.1 Å². The van der Waals surface area contributed by atoms with Crippen molar-refractivity contribution in [3.63, 3.8) is 0 Å². The minimum absolute atomic E-state index is 0. The molecule has 1 N–H and O–H groups in total. The lowest BCUT2D eigenvalue weighted by Crippen LogP contribution is -2.12. The molecule has 0 aliphatic heterocycles. The summed E-state index contributed by atoms with van der Waals surface area (Å²) in [6.45, 7) is 12.2. The predicted molar refractivity (Wildman–Crippen MR) is 180 cm³/mol. The molecule has 4 heterocycles. The van der Waals surface area contributed by atoms with E-state index in [9.17, 15) is 9.59 Å². The first kappa shape index (κ1) is 30.2. The molecule has 224 valence electrons.